The van der Waals surface area contributed by atoms with E-state index in [2.05, 4.69) is 5.10 Å². The molecule has 0 saturated carbocycles. The van der Waals surface area contributed by atoms with Crippen LogP contribution in [0.25, 0.3) is 5.69 Å². The summed E-state index contributed by atoms with van der Waals surface area (Å²) < 4.78 is 12.1. The van der Waals surface area contributed by atoms with Crippen LogP contribution in [0.15, 0.2) is 24.3 Å². The van der Waals surface area contributed by atoms with Gasteiger partial charge in [0.2, 0.25) is 0 Å². The zero-order valence-corrected chi connectivity index (χ0v) is 17.1. The molecule has 0 N–H and O–H groups in total. The van der Waals surface area contributed by atoms with Gasteiger partial charge in [0.05, 0.1) is 37.2 Å². The summed E-state index contributed by atoms with van der Waals surface area (Å²) in [6.07, 6.45) is 0.970. The van der Waals surface area contributed by atoms with Crippen LogP contribution in [0.1, 0.15) is 48.1 Å². The van der Waals surface area contributed by atoms with E-state index in [0.29, 0.717) is 30.8 Å². The van der Waals surface area contributed by atoms with Gasteiger partial charge in [0.25, 0.3) is 0 Å². The topological polar surface area (TPSA) is 90.7 Å². The van der Waals surface area contributed by atoms with Gasteiger partial charge < -0.3 is 14.4 Å². The highest BCUT2D eigenvalue weighted by atomic mass is 16.6. The van der Waals surface area contributed by atoms with Crippen LogP contribution in [0.5, 0.6) is 0 Å². The summed E-state index contributed by atoms with van der Waals surface area (Å²) >= 11 is 0. The van der Waals surface area contributed by atoms with Crippen molar-refractivity contribution in [2.24, 2.45) is 0 Å². The lowest BCUT2D eigenvalue weighted by Gasteiger charge is -2.30. The maximum Gasteiger partial charge on any atom is 0.410 e. The molecule has 8 heteroatoms. The van der Waals surface area contributed by atoms with Gasteiger partial charge in [-0.1, -0.05) is 0 Å². The Bertz CT molecular complexity index is 925. The van der Waals surface area contributed by atoms with E-state index >= 15 is 0 Å². The molecule has 0 saturated heterocycles. The van der Waals surface area contributed by atoms with Crippen molar-refractivity contribution in [3.05, 3.63) is 46.8 Å². The van der Waals surface area contributed by atoms with Crippen LogP contribution < -0.4 is 0 Å². The van der Waals surface area contributed by atoms with Crippen molar-refractivity contribution in [3.8, 4) is 5.69 Å². The van der Waals surface area contributed by atoms with E-state index in [1.807, 2.05) is 20.8 Å². The molecular formula is C21H25N3O5. The molecule has 1 amide bonds. The number of methoxy groups -OCH3 is 1. The molecule has 0 spiro atoms. The Labute approximate surface area is 169 Å². The van der Waals surface area contributed by atoms with Crippen LogP contribution in [-0.2, 0) is 33.7 Å². The van der Waals surface area contributed by atoms with E-state index in [1.165, 1.54) is 7.11 Å². The summed E-state index contributed by atoms with van der Waals surface area (Å²) in [4.78, 5) is 36.9. The average Bonchev–Trinajstić information content (AvgIpc) is 3.04. The molecule has 154 valence electrons. The molecule has 0 radical (unpaired) electrons. The number of esters is 1. The summed E-state index contributed by atoms with van der Waals surface area (Å²) in [6.45, 7) is 6.26. The molecule has 0 fully saturated rings. The first-order valence-electron chi connectivity index (χ1n) is 9.42. The smallest absolute Gasteiger partial charge is 0.410 e. The fourth-order valence-electron chi connectivity index (χ4n) is 3.23. The number of amides is 1. The molecule has 0 atom stereocenters. The average molecular weight is 399 g/mol. The third kappa shape index (κ3) is 4.64. The van der Waals surface area contributed by atoms with E-state index in [-0.39, 0.29) is 6.42 Å². The molecule has 1 aliphatic heterocycles. The van der Waals surface area contributed by atoms with Gasteiger partial charge in [0.15, 0.2) is 0 Å². The van der Waals surface area contributed by atoms with Crippen molar-refractivity contribution in [1.82, 2.24) is 14.7 Å². The Kier molecular flexibility index (Phi) is 5.72. The Morgan fingerprint density at radius 3 is 2.48 bits per heavy atom. The summed E-state index contributed by atoms with van der Waals surface area (Å²) in [7, 11) is 1.33. The van der Waals surface area contributed by atoms with Crippen molar-refractivity contribution in [3.63, 3.8) is 0 Å². The normalized spacial score (nSPS) is 13.6. The van der Waals surface area contributed by atoms with Gasteiger partial charge in [-0.05, 0) is 45.0 Å². The number of rotatable bonds is 4. The van der Waals surface area contributed by atoms with Crippen LogP contribution in [-0.4, -0.2) is 52.3 Å². The predicted octanol–water partition coefficient (Wildman–Crippen LogP) is 2.69. The quantitative estimate of drug-likeness (QED) is 0.580. The lowest BCUT2D eigenvalue weighted by molar-refractivity contribution is -0.139. The Morgan fingerprint density at radius 1 is 1.21 bits per heavy atom. The number of hydrogen-bond donors (Lipinski definition) is 0. The molecule has 2 aromatic rings. The van der Waals surface area contributed by atoms with E-state index in [0.717, 1.165) is 23.2 Å². The molecule has 8 nitrogen and oxygen atoms in total. The van der Waals surface area contributed by atoms with Gasteiger partial charge in [0.1, 0.15) is 11.9 Å². The molecule has 1 aliphatic rings. The molecule has 2 heterocycles. The standard InChI is InChI=1S/C21H25N3O5/c1-21(2,3)29-20(27)23-10-9-18-16(12-23)17(11-19(26)28-4)22-24(18)15-7-5-14(13-25)6-8-15/h5-8,13H,9-12H2,1-4H3. The SMILES string of the molecule is COC(=O)Cc1nn(-c2ccc(C=O)cc2)c2c1CN(C(=O)OC(C)(C)C)CC2. The van der Waals surface area contributed by atoms with Gasteiger partial charge in [-0.2, -0.15) is 5.10 Å². The van der Waals surface area contributed by atoms with Crippen molar-refractivity contribution in [2.75, 3.05) is 13.7 Å². The molecule has 0 unspecified atom stereocenters. The Morgan fingerprint density at radius 2 is 1.90 bits per heavy atom. The van der Waals surface area contributed by atoms with Crippen LogP contribution in [0, 0.1) is 0 Å². The fraction of sp³-hybridized carbons (Fsp3) is 0.429. The maximum absolute atomic E-state index is 12.5. The number of aromatic nitrogens is 2. The first-order chi connectivity index (χ1) is 13.7. The Balaban J connectivity index is 1.96. The van der Waals surface area contributed by atoms with E-state index in [4.69, 9.17) is 9.47 Å². The number of benzene rings is 1. The second-order valence-electron chi connectivity index (χ2n) is 7.90. The zero-order valence-electron chi connectivity index (χ0n) is 17.1. The zero-order chi connectivity index (χ0) is 21.2. The largest absolute Gasteiger partial charge is 0.469 e. The molecule has 3 rings (SSSR count). The van der Waals surface area contributed by atoms with Crippen molar-refractivity contribution in [2.45, 2.75) is 45.8 Å². The first-order valence-corrected chi connectivity index (χ1v) is 9.42. The molecule has 1 aromatic heterocycles. The number of aldehydes is 1. The lowest BCUT2D eigenvalue weighted by Crippen LogP contribution is -2.40. The van der Waals surface area contributed by atoms with Gasteiger partial charge in [0, 0.05) is 24.1 Å². The van der Waals surface area contributed by atoms with E-state index in [1.54, 1.807) is 33.8 Å². The number of hydrogen-bond acceptors (Lipinski definition) is 6. The van der Waals surface area contributed by atoms with Gasteiger partial charge in [-0.3, -0.25) is 9.59 Å². The monoisotopic (exact) mass is 399 g/mol. The van der Waals surface area contributed by atoms with Gasteiger partial charge >= 0.3 is 12.1 Å². The molecule has 29 heavy (non-hydrogen) atoms. The van der Waals surface area contributed by atoms with Gasteiger partial charge in [-0.25, -0.2) is 9.48 Å². The van der Waals surface area contributed by atoms with Crippen molar-refractivity contribution < 1.29 is 23.9 Å². The van der Waals surface area contributed by atoms with Crippen LogP contribution in [0.3, 0.4) is 0 Å². The minimum Gasteiger partial charge on any atom is -0.469 e. The number of fused-ring (bicyclic) bond motifs is 1. The summed E-state index contributed by atoms with van der Waals surface area (Å²) in [5.74, 6) is -0.400. The molecule has 0 bridgehead atoms. The highest BCUT2D eigenvalue weighted by Gasteiger charge is 2.31. The number of nitrogens with zero attached hydrogens (tertiary/aromatic N) is 3. The fourth-order valence-corrected chi connectivity index (χ4v) is 3.23. The summed E-state index contributed by atoms with van der Waals surface area (Å²) in [5.41, 5.74) is 3.10. The summed E-state index contributed by atoms with van der Waals surface area (Å²) in [5, 5.41) is 4.62. The highest BCUT2D eigenvalue weighted by molar-refractivity contribution is 5.75. The van der Waals surface area contributed by atoms with Crippen LogP contribution in [0.4, 0.5) is 4.79 Å². The van der Waals surface area contributed by atoms with Crippen LogP contribution in [0.2, 0.25) is 0 Å². The summed E-state index contributed by atoms with van der Waals surface area (Å²) in [6, 6.07) is 7.04. The van der Waals surface area contributed by atoms with E-state index in [9.17, 15) is 14.4 Å². The van der Waals surface area contributed by atoms with Crippen molar-refractivity contribution in [1.29, 1.82) is 0 Å². The molecular weight excluding hydrogens is 374 g/mol. The maximum atomic E-state index is 12.5. The van der Waals surface area contributed by atoms with Gasteiger partial charge in [-0.15, -0.1) is 0 Å². The minimum absolute atomic E-state index is 0.0143. The van der Waals surface area contributed by atoms with Crippen molar-refractivity contribution >= 4 is 18.3 Å². The highest BCUT2D eigenvalue weighted by Crippen LogP contribution is 2.27. The molecule has 0 aliphatic carbocycles. The molecule has 1 aromatic carbocycles. The number of ether oxygens (including phenoxy) is 2. The lowest BCUT2D eigenvalue weighted by atomic mass is 10.0. The second-order valence-corrected chi connectivity index (χ2v) is 7.90. The third-order valence-electron chi connectivity index (χ3n) is 4.61. The van der Waals surface area contributed by atoms with E-state index < -0.39 is 17.7 Å². The Hall–Kier alpha value is -3.16. The number of carbonyl (C=O) groups excluding carboxylic acids is 3. The predicted molar refractivity (Wildman–Crippen MR) is 105 cm³/mol. The number of carbonyl (C=O) groups is 3. The van der Waals surface area contributed by atoms with Crippen LogP contribution >= 0.6 is 0 Å². The third-order valence-corrected chi connectivity index (χ3v) is 4.61. The second kappa shape index (κ2) is 8.06. The minimum atomic E-state index is -0.587. The first kappa shape index (κ1) is 20.6.